The molecule has 0 spiro atoms. The molecule has 4 nitrogen and oxygen atoms in total. The molecule has 3 unspecified atom stereocenters. The van der Waals surface area contributed by atoms with Crippen LogP contribution in [0.25, 0.3) is 5.70 Å². The average Bonchev–Trinajstić information content (AvgIpc) is 3.57. The van der Waals surface area contributed by atoms with Gasteiger partial charge in [-0.05, 0) is 43.4 Å². The summed E-state index contributed by atoms with van der Waals surface area (Å²) in [5, 5.41) is 14.5. The molecule has 2 N–H and O–H groups in total. The van der Waals surface area contributed by atoms with E-state index in [4.69, 9.17) is 5.26 Å². The highest BCUT2D eigenvalue weighted by Gasteiger charge is 2.24. The van der Waals surface area contributed by atoms with Crippen LogP contribution in [0, 0.1) is 17.2 Å². The summed E-state index contributed by atoms with van der Waals surface area (Å²) in [5.74, 6) is 0.509. The molecule has 3 atom stereocenters. The Kier molecular flexibility index (Phi) is 18.1. The van der Waals surface area contributed by atoms with Gasteiger partial charge in [-0.25, -0.2) is 0 Å². The first-order valence-corrected chi connectivity index (χ1v) is 13.1. The number of nitrogens with one attached hydrogen (secondary N) is 2. The number of fused-ring (bicyclic) bond motifs is 1. The van der Waals surface area contributed by atoms with Crippen LogP contribution in [0.1, 0.15) is 58.1 Å². The molecule has 2 aliphatic rings. The minimum Gasteiger partial charge on any atom is -0.388 e. The lowest BCUT2D eigenvalue weighted by Gasteiger charge is -2.27. The Hall–Kier alpha value is -3.29. The lowest BCUT2D eigenvalue weighted by atomic mass is 10.1. The van der Waals surface area contributed by atoms with E-state index in [2.05, 4.69) is 86.0 Å². The minimum absolute atomic E-state index is 0.0630. The Morgan fingerprint density at radius 2 is 1.75 bits per heavy atom. The van der Waals surface area contributed by atoms with Crippen molar-refractivity contribution in [2.75, 3.05) is 18.9 Å². The van der Waals surface area contributed by atoms with Crippen molar-refractivity contribution in [1.29, 1.82) is 5.26 Å². The largest absolute Gasteiger partial charge is 0.388 e. The summed E-state index contributed by atoms with van der Waals surface area (Å²) >= 11 is 0. The third-order valence-corrected chi connectivity index (χ3v) is 5.97. The SMILES string of the molecule is C=C.C=C1c2ccccc2CN1C(C)CCC.C=CC1CNC(C#N)C1.CC.CNc1ccccc1. The van der Waals surface area contributed by atoms with Gasteiger partial charge in [0.25, 0.3) is 0 Å². The molecule has 0 aromatic heterocycles. The molecule has 2 heterocycles. The summed E-state index contributed by atoms with van der Waals surface area (Å²) in [7, 11) is 1.91. The lowest BCUT2D eigenvalue weighted by molar-refractivity contribution is 0.302. The van der Waals surface area contributed by atoms with Crippen LogP contribution in [-0.2, 0) is 6.54 Å². The third kappa shape index (κ3) is 11.0. The summed E-state index contributed by atoms with van der Waals surface area (Å²) in [6, 6.07) is 21.5. The number of benzene rings is 2. The highest BCUT2D eigenvalue weighted by atomic mass is 15.2. The van der Waals surface area contributed by atoms with Gasteiger partial charge in [-0.2, -0.15) is 5.26 Å². The van der Waals surface area contributed by atoms with Gasteiger partial charge in [0.05, 0.1) is 12.1 Å². The van der Waals surface area contributed by atoms with Gasteiger partial charge in [-0.15, -0.1) is 19.7 Å². The zero-order chi connectivity index (χ0) is 27.3. The molecule has 2 aliphatic heterocycles. The average molecular weight is 489 g/mol. The van der Waals surface area contributed by atoms with Crippen LogP contribution < -0.4 is 10.6 Å². The molecule has 1 saturated heterocycles. The Labute approximate surface area is 221 Å². The minimum atomic E-state index is 0.0630. The van der Waals surface area contributed by atoms with E-state index < -0.39 is 0 Å². The van der Waals surface area contributed by atoms with E-state index in [-0.39, 0.29) is 6.04 Å². The molecule has 2 aromatic carbocycles. The normalized spacial score (nSPS) is 17.6. The monoisotopic (exact) mass is 488 g/mol. The van der Waals surface area contributed by atoms with Crippen LogP contribution in [0.4, 0.5) is 5.69 Å². The Bertz CT molecular complexity index is 900. The van der Waals surface area contributed by atoms with Crippen molar-refractivity contribution in [3.63, 3.8) is 0 Å². The molecular weight excluding hydrogens is 440 g/mol. The molecule has 0 amide bonds. The predicted molar refractivity (Wildman–Crippen MR) is 160 cm³/mol. The van der Waals surface area contributed by atoms with Crippen LogP contribution in [0.3, 0.4) is 0 Å². The summed E-state index contributed by atoms with van der Waals surface area (Å²) in [4.78, 5) is 2.42. The van der Waals surface area contributed by atoms with Crippen molar-refractivity contribution in [2.24, 2.45) is 5.92 Å². The van der Waals surface area contributed by atoms with E-state index in [1.54, 1.807) is 0 Å². The van der Waals surface area contributed by atoms with Crippen molar-refractivity contribution in [2.45, 2.75) is 65.6 Å². The van der Waals surface area contributed by atoms with Crippen LogP contribution in [0.2, 0.25) is 0 Å². The second-order valence-electron chi connectivity index (χ2n) is 8.31. The van der Waals surface area contributed by atoms with Crippen LogP contribution >= 0.6 is 0 Å². The number of hydrogen-bond donors (Lipinski definition) is 2. The fraction of sp³-hybridized carbons (Fsp3) is 0.406. The molecule has 4 heteroatoms. The third-order valence-electron chi connectivity index (χ3n) is 5.97. The van der Waals surface area contributed by atoms with Gasteiger partial charge in [0.1, 0.15) is 0 Å². The Morgan fingerprint density at radius 3 is 2.19 bits per heavy atom. The molecule has 4 rings (SSSR count). The van der Waals surface area contributed by atoms with Crippen LogP contribution in [-0.4, -0.2) is 30.6 Å². The summed E-state index contributed by atoms with van der Waals surface area (Å²) < 4.78 is 0. The summed E-state index contributed by atoms with van der Waals surface area (Å²) in [5.41, 5.74) is 5.12. The quantitative estimate of drug-likeness (QED) is 0.420. The summed E-state index contributed by atoms with van der Waals surface area (Å²) in [6.07, 6.45) is 5.32. The van der Waals surface area contributed by atoms with E-state index in [0.29, 0.717) is 12.0 Å². The van der Waals surface area contributed by atoms with E-state index in [1.807, 2.05) is 57.3 Å². The maximum atomic E-state index is 8.43. The highest BCUT2D eigenvalue weighted by Crippen LogP contribution is 2.33. The first kappa shape index (κ1) is 32.7. The second-order valence-corrected chi connectivity index (χ2v) is 8.31. The van der Waals surface area contributed by atoms with Gasteiger partial charge in [-0.1, -0.05) is 82.3 Å². The zero-order valence-electron chi connectivity index (χ0n) is 23.3. The molecule has 196 valence electrons. The second kappa shape index (κ2) is 20.0. The van der Waals surface area contributed by atoms with Crippen molar-refractivity contribution < 1.29 is 0 Å². The number of para-hydroxylation sites is 1. The number of hydrogen-bond acceptors (Lipinski definition) is 4. The van der Waals surface area contributed by atoms with Gasteiger partial charge in [-0.3, -0.25) is 0 Å². The van der Waals surface area contributed by atoms with Crippen molar-refractivity contribution >= 4 is 11.4 Å². The van der Waals surface area contributed by atoms with Gasteiger partial charge in [0.15, 0.2) is 0 Å². The standard InChI is InChI=1S/C14H19N.C7H10N2.C7H9N.C2H6.C2H4/c1-4-7-11(2)15-10-13-8-5-6-9-14(13)12(15)3;1-2-6-3-7(4-8)9-5-6;1-8-7-5-3-2-4-6-7;2*1-2/h5-6,8-9,11H,3-4,7,10H2,1-2H3;2,6-7,9H,1,3,5H2;2-6,8H,1H3;1-2H3;1-2H2. The van der Waals surface area contributed by atoms with Gasteiger partial charge < -0.3 is 15.5 Å². The number of nitriles is 1. The number of nitrogens with zero attached hydrogens (tertiary/aromatic N) is 2. The van der Waals surface area contributed by atoms with E-state index in [1.165, 1.54) is 29.7 Å². The Morgan fingerprint density at radius 1 is 1.14 bits per heavy atom. The first-order chi connectivity index (χ1) is 17.5. The molecule has 0 saturated carbocycles. The molecule has 0 bridgehead atoms. The van der Waals surface area contributed by atoms with E-state index >= 15 is 0 Å². The zero-order valence-corrected chi connectivity index (χ0v) is 23.3. The Balaban J connectivity index is 0.000000504. The maximum absolute atomic E-state index is 8.43. The van der Waals surface area contributed by atoms with Crippen molar-refractivity contribution in [3.05, 3.63) is 98.1 Å². The fourth-order valence-corrected chi connectivity index (χ4v) is 4.01. The first-order valence-electron chi connectivity index (χ1n) is 13.1. The van der Waals surface area contributed by atoms with Gasteiger partial charge >= 0.3 is 0 Å². The lowest BCUT2D eigenvalue weighted by Crippen LogP contribution is -2.26. The van der Waals surface area contributed by atoms with Gasteiger partial charge in [0.2, 0.25) is 0 Å². The van der Waals surface area contributed by atoms with E-state index in [9.17, 15) is 0 Å². The molecule has 36 heavy (non-hydrogen) atoms. The molecule has 0 aliphatic carbocycles. The van der Waals surface area contributed by atoms with Crippen molar-refractivity contribution in [1.82, 2.24) is 10.2 Å². The molecule has 0 radical (unpaired) electrons. The van der Waals surface area contributed by atoms with Gasteiger partial charge in [0, 0.05) is 43.1 Å². The topological polar surface area (TPSA) is 51.1 Å². The molecular formula is C32H48N4. The highest BCUT2D eigenvalue weighted by molar-refractivity contribution is 5.69. The number of rotatable bonds is 5. The van der Waals surface area contributed by atoms with E-state index in [0.717, 1.165) is 25.2 Å². The summed E-state index contributed by atoms with van der Waals surface area (Å²) in [6.45, 7) is 24.4. The fourth-order valence-electron chi connectivity index (χ4n) is 4.01. The smallest absolute Gasteiger partial charge is 0.0959 e. The number of anilines is 1. The predicted octanol–water partition coefficient (Wildman–Crippen LogP) is 7.89. The molecule has 1 fully saturated rings. The molecule has 2 aromatic rings. The van der Waals surface area contributed by atoms with Crippen LogP contribution in [0.5, 0.6) is 0 Å². The maximum Gasteiger partial charge on any atom is 0.0959 e. The van der Waals surface area contributed by atoms with Crippen molar-refractivity contribution in [3.8, 4) is 6.07 Å². The van der Waals surface area contributed by atoms with Crippen LogP contribution in [0.15, 0.2) is 87.0 Å².